The van der Waals surface area contributed by atoms with Crippen molar-refractivity contribution in [1.82, 2.24) is 15.1 Å². The lowest BCUT2D eigenvalue weighted by atomic mass is 9.96. The fourth-order valence-corrected chi connectivity index (χ4v) is 2.67. The third-order valence-electron chi connectivity index (χ3n) is 4.14. The van der Waals surface area contributed by atoms with Gasteiger partial charge in [-0.15, -0.1) is 0 Å². The molecule has 0 aliphatic carbocycles. The Labute approximate surface area is 140 Å². The van der Waals surface area contributed by atoms with Crippen molar-refractivity contribution in [2.24, 2.45) is 5.92 Å². The van der Waals surface area contributed by atoms with Gasteiger partial charge in [0.25, 0.3) is 0 Å². The van der Waals surface area contributed by atoms with Gasteiger partial charge in [0.05, 0.1) is 0 Å². The number of hydrogen-bond acceptors (Lipinski definition) is 4. The fourth-order valence-electron chi connectivity index (χ4n) is 2.67. The van der Waals surface area contributed by atoms with E-state index in [1.165, 1.54) is 0 Å². The highest BCUT2D eigenvalue weighted by atomic mass is 16.6. The predicted octanol–water partition coefficient (Wildman–Crippen LogP) is 2.09. The van der Waals surface area contributed by atoms with Gasteiger partial charge in [0.1, 0.15) is 5.60 Å². The van der Waals surface area contributed by atoms with E-state index < -0.39 is 5.60 Å². The van der Waals surface area contributed by atoms with Gasteiger partial charge in [-0.05, 0) is 46.7 Å². The van der Waals surface area contributed by atoms with Crippen molar-refractivity contribution < 1.29 is 14.3 Å². The number of hydrogen-bond donors (Lipinski definition) is 1. The first-order valence-corrected chi connectivity index (χ1v) is 8.74. The summed E-state index contributed by atoms with van der Waals surface area (Å²) < 4.78 is 5.37. The Morgan fingerprint density at radius 1 is 1.17 bits per heavy atom. The standard InChI is InChI=1S/C17H33N3O3/c1-6-19(7-2)13-10-18-15(21)14-8-11-20(12-9-14)16(22)23-17(3,4)5/h14H,6-13H2,1-5H3,(H,18,21). The van der Waals surface area contributed by atoms with Gasteiger partial charge in [0.2, 0.25) is 5.91 Å². The van der Waals surface area contributed by atoms with Crippen LogP contribution in [0.15, 0.2) is 0 Å². The van der Waals surface area contributed by atoms with E-state index in [1.807, 2.05) is 20.8 Å². The molecule has 6 nitrogen and oxygen atoms in total. The molecule has 0 radical (unpaired) electrons. The number of likely N-dealkylation sites (tertiary alicyclic amines) is 1. The average molecular weight is 327 g/mol. The van der Waals surface area contributed by atoms with Gasteiger partial charge < -0.3 is 19.9 Å². The maximum Gasteiger partial charge on any atom is 0.410 e. The lowest BCUT2D eigenvalue weighted by Crippen LogP contribution is -2.45. The van der Waals surface area contributed by atoms with E-state index in [-0.39, 0.29) is 17.9 Å². The number of ether oxygens (including phenoxy) is 1. The minimum Gasteiger partial charge on any atom is -0.444 e. The number of piperidine rings is 1. The molecule has 0 aromatic carbocycles. The molecule has 1 N–H and O–H groups in total. The van der Waals surface area contributed by atoms with Crippen molar-refractivity contribution in [3.05, 3.63) is 0 Å². The molecule has 1 saturated heterocycles. The largest absolute Gasteiger partial charge is 0.444 e. The molecule has 0 unspecified atom stereocenters. The van der Waals surface area contributed by atoms with Gasteiger partial charge >= 0.3 is 6.09 Å². The first-order chi connectivity index (χ1) is 10.8. The molecule has 6 heteroatoms. The van der Waals surface area contributed by atoms with Gasteiger partial charge in [-0.3, -0.25) is 4.79 Å². The van der Waals surface area contributed by atoms with E-state index in [4.69, 9.17) is 4.74 Å². The highest BCUT2D eigenvalue weighted by Gasteiger charge is 2.29. The summed E-state index contributed by atoms with van der Waals surface area (Å²) in [5, 5.41) is 3.02. The summed E-state index contributed by atoms with van der Waals surface area (Å²) >= 11 is 0. The zero-order valence-corrected chi connectivity index (χ0v) is 15.4. The molecule has 2 amide bonds. The molecule has 0 bridgehead atoms. The molecule has 0 aromatic rings. The van der Waals surface area contributed by atoms with E-state index >= 15 is 0 Å². The molecule has 0 atom stereocenters. The molecular formula is C17H33N3O3. The van der Waals surface area contributed by atoms with Crippen LogP contribution in [0.2, 0.25) is 0 Å². The second-order valence-corrected chi connectivity index (χ2v) is 7.06. The number of amides is 2. The number of carbonyl (C=O) groups is 2. The Balaban J connectivity index is 2.30. The van der Waals surface area contributed by atoms with Crippen molar-refractivity contribution in [3.8, 4) is 0 Å². The molecule has 1 aliphatic heterocycles. The number of likely N-dealkylation sites (N-methyl/N-ethyl adjacent to an activating group) is 1. The van der Waals surface area contributed by atoms with E-state index in [9.17, 15) is 9.59 Å². The van der Waals surface area contributed by atoms with Crippen molar-refractivity contribution in [2.75, 3.05) is 39.3 Å². The summed E-state index contributed by atoms with van der Waals surface area (Å²) in [6.45, 7) is 14.6. The average Bonchev–Trinajstić information content (AvgIpc) is 2.50. The van der Waals surface area contributed by atoms with Crippen LogP contribution in [-0.2, 0) is 9.53 Å². The molecule has 1 rings (SSSR count). The maximum absolute atomic E-state index is 12.2. The second-order valence-electron chi connectivity index (χ2n) is 7.06. The Hall–Kier alpha value is -1.30. The third kappa shape index (κ3) is 7.20. The Morgan fingerprint density at radius 2 is 1.74 bits per heavy atom. The Morgan fingerprint density at radius 3 is 2.22 bits per heavy atom. The van der Waals surface area contributed by atoms with Crippen LogP contribution in [0, 0.1) is 5.92 Å². The topological polar surface area (TPSA) is 61.9 Å². The molecule has 1 aliphatic rings. The van der Waals surface area contributed by atoms with Crippen LogP contribution < -0.4 is 5.32 Å². The summed E-state index contributed by atoms with van der Waals surface area (Å²) in [4.78, 5) is 28.2. The van der Waals surface area contributed by atoms with Crippen molar-refractivity contribution in [1.29, 1.82) is 0 Å². The second kappa shape index (κ2) is 9.11. The van der Waals surface area contributed by atoms with E-state index in [0.29, 0.717) is 32.5 Å². The van der Waals surface area contributed by atoms with Crippen molar-refractivity contribution >= 4 is 12.0 Å². The molecule has 0 saturated carbocycles. The highest BCUT2D eigenvalue weighted by molar-refractivity contribution is 5.79. The first kappa shape index (κ1) is 19.7. The van der Waals surface area contributed by atoms with Gasteiger partial charge in [-0.2, -0.15) is 0 Å². The van der Waals surface area contributed by atoms with Crippen LogP contribution in [0.5, 0.6) is 0 Å². The summed E-state index contributed by atoms with van der Waals surface area (Å²) in [6, 6.07) is 0. The lowest BCUT2D eigenvalue weighted by Gasteiger charge is -2.33. The van der Waals surface area contributed by atoms with Crippen molar-refractivity contribution in [3.63, 3.8) is 0 Å². The van der Waals surface area contributed by atoms with E-state index in [1.54, 1.807) is 4.90 Å². The number of nitrogens with one attached hydrogen (secondary N) is 1. The lowest BCUT2D eigenvalue weighted by molar-refractivity contribution is -0.126. The van der Waals surface area contributed by atoms with Gasteiger partial charge in [0.15, 0.2) is 0 Å². The molecule has 1 heterocycles. The predicted molar refractivity (Wildman–Crippen MR) is 91.3 cm³/mol. The third-order valence-corrected chi connectivity index (χ3v) is 4.14. The minimum absolute atomic E-state index is 0.00499. The fraction of sp³-hybridized carbons (Fsp3) is 0.882. The van der Waals surface area contributed by atoms with Gasteiger partial charge in [-0.25, -0.2) is 4.79 Å². The Kier molecular flexibility index (Phi) is 7.82. The normalized spacial score (nSPS) is 16.5. The van der Waals surface area contributed by atoms with Crippen molar-refractivity contribution in [2.45, 2.75) is 53.1 Å². The van der Waals surface area contributed by atoms with Crippen LogP contribution in [-0.4, -0.2) is 66.7 Å². The SMILES string of the molecule is CCN(CC)CCNC(=O)C1CCN(C(=O)OC(C)(C)C)CC1. The minimum atomic E-state index is -0.476. The molecule has 134 valence electrons. The molecule has 1 fully saturated rings. The first-order valence-electron chi connectivity index (χ1n) is 8.74. The van der Waals surface area contributed by atoms with Crippen LogP contribution in [0.1, 0.15) is 47.5 Å². The highest BCUT2D eigenvalue weighted by Crippen LogP contribution is 2.19. The van der Waals surface area contributed by atoms with Crippen LogP contribution in [0.4, 0.5) is 4.79 Å². The smallest absolute Gasteiger partial charge is 0.410 e. The molecular weight excluding hydrogens is 294 g/mol. The summed E-state index contributed by atoms with van der Waals surface area (Å²) in [7, 11) is 0. The quantitative estimate of drug-likeness (QED) is 0.811. The zero-order valence-electron chi connectivity index (χ0n) is 15.4. The molecule has 0 aromatic heterocycles. The van der Waals surface area contributed by atoms with E-state index in [2.05, 4.69) is 24.1 Å². The number of rotatable bonds is 6. The van der Waals surface area contributed by atoms with Crippen LogP contribution in [0.3, 0.4) is 0 Å². The van der Waals surface area contributed by atoms with Crippen LogP contribution in [0.25, 0.3) is 0 Å². The van der Waals surface area contributed by atoms with Crippen LogP contribution >= 0.6 is 0 Å². The maximum atomic E-state index is 12.2. The number of nitrogens with zero attached hydrogens (tertiary/aromatic N) is 2. The summed E-state index contributed by atoms with van der Waals surface area (Å²) in [5.74, 6) is 0.117. The van der Waals surface area contributed by atoms with Gasteiger partial charge in [0, 0.05) is 32.1 Å². The Bertz CT molecular complexity index is 381. The summed E-state index contributed by atoms with van der Waals surface area (Å²) in [5.41, 5.74) is -0.476. The molecule has 0 spiro atoms. The molecule has 23 heavy (non-hydrogen) atoms. The summed E-state index contributed by atoms with van der Waals surface area (Å²) in [6.07, 6.45) is 1.13. The van der Waals surface area contributed by atoms with E-state index in [0.717, 1.165) is 19.6 Å². The monoisotopic (exact) mass is 327 g/mol. The zero-order chi connectivity index (χ0) is 17.5. The number of carbonyl (C=O) groups excluding carboxylic acids is 2. The van der Waals surface area contributed by atoms with Gasteiger partial charge in [-0.1, -0.05) is 13.8 Å².